The number of ether oxygens (including phenoxy) is 2. The van der Waals surface area contributed by atoms with Crippen molar-refractivity contribution in [1.29, 1.82) is 5.26 Å². The lowest BCUT2D eigenvalue weighted by molar-refractivity contribution is -0.275. The zero-order chi connectivity index (χ0) is 25.9. The quantitative estimate of drug-likeness (QED) is 0.397. The fourth-order valence-electron chi connectivity index (χ4n) is 3.97. The summed E-state index contributed by atoms with van der Waals surface area (Å²) in [6.45, 7) is 4.78. The number of carbonyl (C=O) groups is 1. The molecule has 0 aromatic heterocycles. The molecule has 0 heterocycles. The number of nitrogens with zero attached hydrogens (tertiary/aromatic N) is 1. The molecule has 0 saturated carbocycles. The second kappa shape index (κ2) is 9.71. The summed E-state index contributed by atoms with van der Waals surface area (Å²) in [5, 5.41) is 20.4. The first kappa shape index (κ1) is 25.6. The van der Waals surface area contributed by atoms with Crippen LogP contribution in [-0.4, -0.2) is 17.4 Å². The van der Waals surface area contributed by atoms with E-state index in [1.165, 1.54) is 6.07 Å². The minimum Gasteiger partial charge on any atom is -0.480 e. The fourth-order valence-corrected chi connectivity index (χ4v) is 3.97. The van der Waals surface area contributed by atoms with Crippen LogP contribution in [0, 0.1) is 16.7 Å². The van der Waals surface area contributed by atoms with Crippen LogP contribution >= 0.6 is 0 Å². The van der Waals surface area contributed by atoms with Crippen molar-refractivity contribution in [3.63, 3.8) is 0 Å². The van der Waals surface area contributed by atoms with Gasteiger partial charge in [-0.15, -0.1) is 13.2 Å². The molecule has 5 nitrogen and oxygen atoms in total. The molecule has 1 unspecified atom stereocenters. The SMILES string of the molecule is CC(C)(C)C(C#N)(C(=O)O)c1ccc(OC(F)(F)F)c(Oc2ccccc2)c1Cc1ccccc1. The van der Waals surface area contributed by atoms with Gasteiger partial charge < -0.3 is 14.6 Å². The Kier molecular flexibility index (Phi) is 7.11. The molecular formula is C27H24F3NO4. The second-order valence-corrected chi connectivity index (χ2v) is 8.96. The normalized spacial score (nSPS) is 13.4. The number of nitriles is 1. The molecule has 0 fully saturated rings. The van der Waals surface area contributed by atoms with E-state index in [1.54, 1.807) is 81.4 Å². The van der Waals surface area contributed by atoms with Crippen LogP contribution in [0.3, 0.4) is 0 Å². The number of rotatable bonds is 7. The minimum atomic E-state index is -5.02. The van der Waals surface area contributed by atoms with Crippen molar-refractivity contribution < 1.29 is 32.5 Å². The van der Waals surface area contributed by atoms with Crippen molar-refractivity contribution >= 4 is 5.97 Å². The van der Waals surface area contributed by atoms with Gasteiger partial charge in [0.25, 0.3) is 0 Å². The maximum Gasteiger partial charge on any atom is 0.573 e. The fraction of sp³-hybridized carbons (Fsp3) is 0.259. The molecule has 0 spiro atoms. The largest absolute Gasteiger partial charge is 0.573 e. The van der Waals surface area contributed by atoms with Crippen molar-refractivity contribution in [2.45, 2.75) is 39.0 Å². The maximum atomic E-state index is 13.3. The lowest BCUT2D eigenvalue weighted by Crippen LogP contribution is -2.46. The van der Waals surface area contributed by atoms with Crippen molar-refractivity contribution in [2.75, 3.05) is 0 Å². The Morgan fingerprint density at radius 1 is 0.943 bits per heavy atom. The van der Waals surface area contributed by atoms with Gasteiger partial charge in [0.2, 0.25) is 0 Å². The summed E-state index contributed by atoms with van der Waals surface area (Å²) in [5.74, 6) is -2.14. The summed E-state index contributed by atoms with van der Waals surface area (Å²) in [4.78, 5) is 12.6. The molecule has 0 aliphatic heterocycles. The maximum absolute atomic E-state index is 13.3. The van der Waals surface area contributed by atoms with Crippen molar-refractivity contribution in [3.8, 4) is 23.3 Å². The smallest absolute Gasteiger partial charge is 0.480 e. The molecule has 0 saturated heterocycles. The zero-order valence-electron chi connectivity index (χ0n) is 19.4. The number of carboxylic acids is 1. The molecule has 0 amide bonds. The van der Waals surface area contributed by atoms with Crippen molar-refractivity contribution in [3.05, 3.63) is 89.5 Å². The van der Waals surface area contributed by atoms with E-state index in [0.717, 1.165) is 6.07 Å². The lowest BCUT2D eigenvalue weighted by atomic mass is 9.62. The Morgan fingerprint density at radius 3 is 2.00 bits per heavy atom. The standard InChI is InChI=1S/C27H24F3NO4/c1-25(2,3)26(17-31,24(32)33)21-14-15-22(35-27(28,29)30)23(34-19-12-8-5-9-13-19)20(21)16-18-10-6-4-7-11-18/h4-15H,16H2,1-3H3,(H,32,33). The van der Waals surface area contributed by atoms with E-state index in [4.69, 9.17) is 4.74 Å². The predicted molar refractivity (Wildman–Crippen MR) is 123 cm³/mol. The Balaban J connectivity index is 2.40. The van der Waals surface area contributed by atoms with E-state index in [1.807, 2.05) is 6.07 Å². The summed E-state index contributed by atoms with van der Waals surface area (Å²) in [6, 6.07) is 21.0. The van der Waals surface area contributed by atoms with Crippen LogP contribution in [-0.2, 0) is 16.6 Å². The first-order valence-electron chi connectivity index (χ1n) is 10.7. The molecule has 1 atom stereocenters. The number of para-hydroxylation sites is 1. The Labute approximate surface area is 201 Å². The van der Waals surface area contributed by atoms with Crippen LogP contribution in [0.2, 0.25) is 0 Å². The van der Waals surface area contributed by atoms with Crippen LogP contribution < -0.4 is 9.47 Å². The third-order valence-electron chi connectivity index (χ3n) is 5.65. The first-order valence-corrected chi connectivity index (χ1v) is 10.7. The van der Waals surface area contributed by atoms with Crippen LogP contribution in [0.4, 0.5) is 13.2 Å². The van der Waals surface area contributed by atoms with Crippen molar-refractivity contribution in [1.82, 2.24) is 0 Å². The summed E-state index contributed by atoms with van der Waals surface area (Å²) in [7, 11) is 0. The van der Waals surface area contributed by atoms with Gasteiger partial charge in [-0.3, -0.25) is 4.79 Å². The first-order chi connectivity index (χ1) is 16.4. The van der Waals surface area contributed by atoms with Crippen LogP contribution in [0.5, 0.6) is 17.2 Å². The monoisotopic (exact) mass is 483 g/mol. The molecule has 8 heteroatoms. The molecular weight excluding hydrogens is 459 g/mol. The Morgan fingerprint density at radius 2 is 1.51 bits per heavy atom. The van der Waals surface area contributed by atoms with Gasteiger partial charge in [0, 0.05) is 12.0 Å². The number of alkyl halides is 3. The number of hydrogen-bond acceptors (Lipinski definition) is 4. The number of benzene rings is 3. The van der Waals surface area contributed by atoms with Gasteiger partial charge >= 0.3 is 12.3 Å². The van der Waals surface area contributed by atoms with Crippen LogP contribution in [0.25, 0.3) is 0 Å². The molecule has 182 valence electrons. The number of aliphatic carboxylic acids is 1. The van der Waals surface area contributed by atoms with E-state index >= 15 is 0 Å². The molecule has 0 radical (unpaired) electrons. The van der Waals surface area contributed by atoms with Gasteiger partial charge in [0.1, 0.15) is 5.75 Å². The van der Waals surface area contributed by atoms with Gasteiger partial charge in [0.05, 0.1) is 6.07 Å². The average molecular weight is 483 g/mol. The average Bonchev–Trinajstić information content (AvgIpc) is 2.77. The van der Waals surface area contributed by atoms with Gasteiger partial charge in [0.15, 0.2) is 16.9 Å². The molecule has 3 aromatic carbocycles. The zero-order valence-corrected chi connectivity index (χ0v) is 19.4. The highest BCUT2D eigenvalue weighted by Gasteiger charge is 2.53. The lowest BCUT2D eigenvalue weighted by Gasteiger charge is -2.37. The van der Waals surface area contributed by atoms with Crippen LogP contribution in [0.15, 0.2) is 72.8 Å². The van der Waals surface area contributed by atoms with Crippen LogP contribution in [0.1, 0.15) is 37.5 Å². The van der Waals surface area contributed by atoms with E-state index < -0.39 is 28.9 Å². The molecule has 0 bridgehead atoms. The summed E-state index contributed by atoms with van der Waals surface area (Å²) in [5.41, 5.74) is -2.40. The van der Waals surface area contributed by atoms with Gasteiger partial charge in [-0.2, -0.15) is 5.26 Å². The number of carboxylic acid groups (broad SMARTS) is 1. The molecule has 35 heavy (non-hydrogen) atoms. The van der Waals surface area contributed by atoms with Gasteiger partial charge in [-0.05, 0) is 34.7 Å². The highest BCUT2D eigenvalue weighted by molar-refractivity contribution is 5.87. The molecule has 3 aromatic rings. The highest BCUT2D eigenvalue weighted by atomic mass is 19.4. The Bertz CT molecular complexity index is 1230. The van der Waals surface area contributed by atoms with E-state index in [-0.39, 0.29) is 29.0 Å². The summed E-state index contributed by atoms with van der Waals surface area (Å²) >= 11 is 0. The molecule has 0 aliphatic carbocycles. The topological polar surface area (TPSA) is 79.6 Å². The predicted octanol–water partition coefficient (Wildman–Crippen LogP) is 6.86. The van der Waals surface area contributed by atoms with Gasteiger partial charge in [-0.1, -0.05) is 75.4 Å². The van der Waals surface area contributed by atoms with E-state index in [9.17, 15) is 28.3 Å². The second-order valence-electron chi connectivity index (χ2n) is 8.96. The molecule has 1 N–H and O–H groups in total. The third kappa shape index (κ3) is 5.40. The highest BCUT2D eigenvalue weighted by Crippen LogP contribution is 2.49. The minimum absolute atomic E-state index is 0.000186. The summed E-state index contributed by atoms with van der Waals surface area (Å²) < 4.78 is 50.1. The number of halogens is 3. The molecule has 0 aliphatic rings. The van der Waals surface area contributed by atoms with E-state index in [2.05, 4.69) is 4.74 Å². The van der Waals surface area contributed by atoms with E-state index in [0.29, 0.717) is 5.56 Å². The summed E-state index contributed by atoms with van der Waals surface area (Å²) in [6.07, 6.45) is -5.02. The Hall–Kier alpha value is -3.99. The molecule has 3 rings (SSSR count). The van der Waals surface area contributed by atoms with Crippen molar-refractivity contribution in [2.24, 2.45) is 5.41 Å². The third-order valence-corrected chi connectivity index (χ3v) is 5.65. The number of hydrogen-bond donors (Lipinski definition) is 1. The van der Waals surface area contributed by atoms with Gasteiger partial charge in [-0.25, -0.2) is 0 Å².